The maximum Gasteiger partial charge on any atom is 0.224 e. The van der Waals surface area contributed by atoms with Crippen LogP contribution in [-0.4, -0.2) is 68.1 Å². The molecule has 31 heavy (non-hydrogen) atoms. The van der Waals surface area contributed by atoms with E-state index in [9.17, 15) is 4.79 Å². The number of thiophene rings is 1. The number of carbonyl (C=O) groups is 1. The highest BCUT2D eigenvalue weighted by atomic mass is 127. The van der Waals surface area contributed by atoms with Crippen molar-refractivity contribution in [3.05, 3.63) is 46.8 Å². The van der Waals surface area contributed by atoms with Gasteiger partial charge in [-0.3, -0.25) is 9.79 Å². The third-order valence-electron chi connectivity index (χ3n) is 5.35. The summed E-state index contributed by atoms with van der Waals surface area (Å²) in [4.78, 5) is 26.8. The molecule has 9 heteroatoms. The minimum atomic E-state index is 0. The Morgan fingerprint density at radius 1 is 1.16 bits per heavy atom. The van der Waals surface area contributed by atoms with Gasteiger partial charge < -0.3 is 20.4 Å². The lowest BCUT2D eigenvalue weighted by Gasteiger charge is -2.35. The van der Waals surface area contributed by atoms with Crippen molar-refractivity contribution in [3.8, 4) is 0 Å². The molecular weight excluding hydrogens is 523 g/mol. The Morgan fingerprint density at radius 2 is 1.94 bits per heavy atom. The molecule has 2 aromatic heterocycles. The summed E-state index contributed by atoms with van der Waals surface area (Å²) in [6.45, 7) is 8.87. The number of halogens is 1. The lowest BCUT2D eigenvalue weighted by Crippen LogP contribution is -2.50. The molecule has 7 nitrogen and oxygen atoms in total. The van der Waals surface area contributed by atoms with E-state index in [0.29, 0.717) is 13.0 Å². The highest BCUT2D eigenvalue weighted by Crippen LogP contribution is 2.26. The third kappa shape index (κ3) is 7.34. The number of amides is 1. The Balaban J connectivity index is 0.00000341. The van der Waals surface area contributed by atoms with Crippen LogP contribution in [0.3, 0.4) is 0 Å². The van der Waals surface area contributed by atoms with E-state index in [4.69, 9.17) is 0 Å². The number of pyridine rings is 1. The first kappa shape index (κ1) is 25.4. The molecule has 0 unspecified atom stereocenters. The first-order chi connectivity index (χ1) is 14.5. The summed E-state index contributed by atoms with van der Waals surface area (Å²) in [5.74, 6) is 1.89. The highest BCUT2D eigenvalue weighted by molar-refractivity contribution is 14.0. The highest BCUT2D eigenvalue weighted by Gasteiger charge is 2.23. The van der Waals surface area contributed by atoms with Crippen molar-refractivity contribution in [2.45, 2.75) is 25.7 Å². The van der Waals surface area contributed by atoms with E-state index in [-0.39, 0.29) is 35.3 Å². The largest absolute Gasteiger partial charge is 0.356 e. The quantitative estimate of drug-likeness (QED) is 0.312. The number of aliphatic imine (C=N–C) groups is 1. The Kier molecular flexibility index (Phi) is 10.0. The fraction of sp³-hybridized carbons (Fsp3) is 0.500. The van der Waals surface area contributed by atoms with Crippen molar-refractivity contribution < 1.29 is 4.79 Å². The number of carbonyl (C=O) groups excluding carboxylic acids is 1. The number of anilines is 1. The smallest absolute Gasteiger partial charge is 0.224 e. The molecule has 0 spiro atoms. The van der Waals surface area contributed by atoms with E-state index in [1.54, 1.807) is 24.6 Å². The summed E-state index contributed by atoms with van der Waals surface area (Å²) in [6, 6.07) is 10.2. The van der Waals surface area contributed by atoms with Crippen LogP contribution in [-0.2, 0) is 10.2 Å². The summed E-state index contributed by atoms with van der Waals surface area (Å²) in [7, 11) is 1.76. The fourth-order valence-electron chi connectivity index (χ4n) is 3.45. The van der Waals surface area contributed by atoms with Gasteiger partial charge in [0.1, 0.15) is 5.82 Å². The molecule has 2 N–H and O–H groups in total. The number of nitrogens with zero attached hydrogens (tertiary/aromatic N) is 4. The molecule has 2 aromatic rings. The van der Waals surface area contributed by atoms with E-state index >= 15 is 0 Å². The Labute approximate surface area is 206 Å². The molecule has 0 aliphatic carbocycles. The molecule has 0 atom stereocenters. The van der Waals surface area contributed by atoms with E-state index in [2.05, 4.69) is 56.9 Å². The SMILES string of the molecule is CN=C(NCCC(=O)N1CCN(c2ccccn2)CC1)NCC(C)(C)c1cccs1.I. The van der Waals surface area contributed by atoms with Gasteiger partial charge in [0.25, 0.3) is 0 Å². The van der Waals surface area contributed by atoms with E-state index in [0.717, 1.165) is 44.5 Å². The number of hydrogen-bond acceptors (Lipinski definition) is 5. The molecule has 3 rings (SSSR count). The summed E-state index contributed by atoms with van der Waals surface area (Å²) >= 11 is 1.77. The van der Waals surface area contributed by atoms with Crippen LogP contribution in [0.5, 0.6) is 0 Å². The van der Waals surface area contributed by atoms with Gasteiger partial charge in [-0.25, -0.2) is 4.98 Å². The summed E-state index contributed by atoms with van der Waals surface area (Å²) in [5, 5.41) is 8.75. The lowest BCUT2D eigenvalue weighted by atomic mass is 9.91. The number of aromatic nitrogens is 1. The van der Waals surface area contributed by atoms with Crippen LogP contribution in [0.25, 0.3) is 0 Å². The van der Waals surface area contributed by atoms with Gasteiger partial charge in [-0.15, -0.1) is 35.3 Å². The molecule has 1 saturated heterocycles. The summed E-state index contributed by atoms with van der Waals surface area (Å²) < 4.78 is 0. The van der Waals surface area contributed by atoms with Crippen LogP contribution in [0.1, 0.15) is 25.1 Å². The van der Waals surface area contributed by atoms with E-state index in [1.807, 2.05) is 23.1 Å². The van der Waals surface area contributed by atoms with Gasteiger partial charge >= 0.3 is 0 Å². The molecular formula is C22H33IN6OS. The molecule has 0 saturated carbocycles. The molecule has 3 heterocycles. The predicted octanol–water partition coefficient (Wildman–Crippen LogP) is 2.94. The minimum Gasteiger partial charge on any atom is -0.356 e. The first-order valence-electron chi connectivity index (χ1n) is 10.4. The molecule has 1 fully saturated rings. The topological polar surface area (TPSA) is 72.9 Å². The Hall–Kier alpha value is -1.88. The molecule has 1 amide bonds. The normalized spacial score (nSPS) is 14.7. The van der Waals surface area contributed by atoms with Gasteiger partial charge in [-0.1, -0.05) is 26.0 Å². The van der Waals surface area contributed by atoms with Crippen LogP contribution in [0.2, 0.25) is 0 Å². The summed E-state index contributed by atoms with van der Waals surface area (Å²) in [6.07, 6.45) is 2.26. The van der Waals surface area contributed by atoms with Crippen molar-refractivity contribution in [3.63, 3.8) is 0 Å². The maximum atomic E-state index is 12.6. The number of piperazine rings is 1. The van der Waals surface area contributed by atoms with Gasteiger partial charge in [0.15, 0.2) is 5.96 Å². The maximum absolute atomic E-state index is 12.6. The van der Waals surface area contributed by atoms with Crippen LogP contribution >= 0.6 is 35.3 Å². The predicted molar refractivity (Wildman–Crippen MR) is 140 cm³/mol. The monoisotopic (exact) mass is 556 g/mol. The molecule has 170 valence electrons. The Bertz CT molecular complexity index is 820. The van der Waals surface area contributed by atoms with Crippen LogP contribution in [0, 0.1) is 0 Å². The fourth-order valence-corrected chi connectivity index (χ4v) is 4.30. The zero-order valence-electron chi connectivity index (χ0n) is 18.5. The van der Waals surface area contributed by atoms with Crippen LogP contribution in [0.15, 0.2) is 46.9 Å². The van der Waals surface area contributed by atoms with Crippen molar-refractivity contribution in [1.29, 1.82) is 0 Å². The van der Waals surface area contributed by atoms with Gasteiger partial charge in [0.05, 0.1) is 0 Å². The second-order valence-corrected chi connectivity index (χ2v) is 8.97. The minimum absolute atomic E-state index is 0. The number of guanidine groups is 1. The number of rotatable bonds is 7. The van der Waals surface area contributed by atoms with Crippen molar-refractivity contribution in [1.82, 2.24) is 20.5 Å². The lowest BCUT2D eigenvalue weighted by molar-refractivity contribution is -0.131. The second-order valence-electron chi connectivity index (χ2n) is 8.02. The third-order valence-corrected chi connectivity index (χ3v) is 6.58. The molecule has 0 radical (unpaired) electrons. The van der Waals surface area contributed by atoms with Gasteiger partial charge in [-0.05, 0) is 23.6 Å². The zero-order valence-corrected chi connectivity index (χ0v) is 21.7. The van der Waals surface area contributed by atoms with E-state index in [1.165, 1.54) is 4.88 Å². The van der Waals surface area contributed by atoms with Crippen LogP contribution < -0.4 is 15.5 Å². The van der Waals surface area contributed by atoms with Crippen LogP contribution in [0.4, 0.5) is 5.82 Å². The molecule has 0 aromatic carbocycles. The zero-order chi connectivity index (χ0) is 21.4. The van der Waals surface area contributed by atoms with Gasteiger partial charge in [0.2, 0.25) is 5.91 Å². The molecule has 1 aliphatic heterocycles. The standard InChI is InChI=1S/C22H32N6OS.HI/c1-22(2,18-7-6-16-30-18)17-26-21(23-3)25-11-9-20(29)28-14-12-27(13-15-28)19-8-4-5-10-24-19;/h4-8,10,16H,9,11-15,17H2,1-3H3,(H2,23,25,26);1H. The molecule has 0 bridgehead atoms. The molecule has 1 aliphatic rings. The number of nitrogens with one attached hydrogen (secondary N) is 2. The van der Waals surface area contributed by atoms with Crippen molar-refractivity contribution in [2.75, 3.05) is 51.2 Å². The van der Waals surface area contributed by atoms with Crippen molar-refractivity contribution in [2.24, 2.45) is 4.99 Å². The van der Waals surface area contributed by atoms with E-state index < -0.39 is 0 Å². The Morgan fingerprint density at radius 3 is 2.55 bits per heavy atom. The first-order valence-corrected chi connectivity index (χ1v) is 11.3. The average Bonchev–Trinajstić information content (AvgIpc) is 3.33. The second kappa shape index (κ2) is 12.2. The van der Waals surface area contributed by atoms with Gasteiger partial charge in [0, 0.05) is 69.2 Å². The van der Waals surface area contributed by atoms with Gasteiger partial charge in [-0.2, -0.15) is 0 Å². The number of hydrogen-bond donors (Lipinski definition) is 2. The summed E-state index contributed by atoms with van der Waals surface area (Å²) in [5.41, 5.74) is 0.0227. The van der Waals surface area contributed by atoms with Crippen molar-refractivity contribution >= 4 is 53.0 Å². The average molecular weight is 557 g/mol.